The third-order valence-electron chi connectivity index (χ3n) is 4.43. The van der Waals surface area contributed by atoms with E-state index < -0.39 is 72.5 Å². The van der Waals surface area contributed by atoms with Gasteiger partial charge in [-0.25, -0.2) is 4.79 Å². The number of aliphatic carboxylic acids is 1. The molecule has 0 heterocycles. The number of carbonyl (C=O) groups excluding carboxylic acids is 5. The van der Waals surface area contributed by atoms with E-state index in [2.05, 4.69) is 28.6 Å². The first kappa shape index (κ1) is 28.1. The SMILES string of the molecule is CCC(C)C(N)C(=O)NC(CC(N)=O)C(=O)NC(CS)C(=O)NC(CC(N)=O)C(=O)O. The van der Waals surface area contributed by atoms with Crippen LogP contribution < -0.4 is 33.2 Å². The molecule has 14 heteroatoms. The number of rotatable bonds is 14. The number of primary amides is 2. The van der Waals surface area contributed by atoms with Gasteiger partial charge in [-0.1, -0.05) is 20.3 Å². The van der Waals surface area contributed by atoms with Gasteiger partial charge in [-0.2, -0.15) is 12.6 Å². The van der Waals surface area contributed by atoms with Crippen LogP contribution in [0, 0.1) is 5.92 Å². The van der Waals surface area contributed by atoms with Crippen molar-refractivity contribution in [1.82, 2.24) is 16.0 Å². The Morgan fingerprint density at radius 2 is 1.26 bits per heavy atom. The highest BCUT2D eigenvalue weighted by Crippen LogP contribution is 2.06. The first-order valence-electron chi connectivity index (χ1n) is 9.40. The lowest BCUT2D eigenvalue weighted by Crippen LogP contribution is -2.58. The molecule has 0 rings (SSSR count). The topological polar surface area (TPSA) is 237 Å². The zero-order valence-electron chi connectivity index (χ0n) is 17.3. The van der Waals surface area contributed by atoms with Crippen molar-refractivity contribution >= 4 is 48.1 Å². The number of carboxylic acids is 1. The fourth-order valence-corrected chi connectivity index (χ4v) is 2.59. The highest BCUT2D eigenvalue weighted by Gasteiger charge is 2.31. The molecule has 13 nitrogen and oxygen atoms in total. The number of amides is 5. The van der Waals surface area contributed by atoms with Gasteiger partial charge in [-0.15, -0.1) is 0 Å². The molecule has 0 aromatic carbocycles. The van der Waals surface area contributed by atoms with E-state index >= 15 is 0 Å². The van der Waals surface area contributed by atoms with Crippen LogP contribution >= 0.6 is 12.6 Å². The van der Waals surface area contributed by atoms with Gasteiger partial charge in [0.15, 0.2) is 0 Å². The van der Waals surface area contributed by atoms with Crippen molar-refractivity contribution in [3.8, 4) is 0 Å². The molecule has 0 aliphatic carbocycles. The number of nitrogens with two attached hydrogens (primary N) is 3. The molecule has 0 saturated heterocycles. The number of hydrogen-bond acceptors (Lipinski definition) is 8. The molecule has 0 bridgehead atoms. The second-order valence-corrected chi connectivity index (χ2v) is 7.32. The molecule has 0 aromatic rings. The van der Waals surface area contributed by atoms with Gasteiger partial charge in [-0.05, 0) is 5.92 Å². The van der Waals surface area contributed by atoms with Crippen LogP contribution in [0.4, 0.5) is 0 Å². The normalized spacial score (nSPS) is 15.5. The molecule has 5 atom stereocenters. The van der Waals surface area contributed by atoms with Crippen LogP contribution in [0.3, 0.4) is 0 Å². The third-order valence-corrected chi connectivity index (χ3v) is 4.80. The summed E-state index contributed by atoms with van der Waals surface area (Å²) in [4.78, 5) is 70.6. The average molecular weight is 463 g/mol. The minimum absolute atomic E-state index is 0.202. The molecule has 10 N–H and O–H groups in total. The summed E-state index contributed by atoms with van der Waals surface area (Å²) in [5, 5.41) is 15.7. The van der Waals surface area contributed by atoms with Gasteiger partial charge < -0.3 is 38.3 Å². The Morgan fingerprint density at radius 3 is 1.68 bits per heavy atom. The molecule has 31 heavy (non-hydrogen) atoms. The Morgan fingerprint density at radius 1 is 0.839 bits per heavy atom. The van der Waals surface area contributed by atoms with E-state index in [1.165, 1.54) is 0 Å². The summed E-state index contributed by atoms with van der Waals surface area (Å²) in [6, 6.07) is -5.32. The molecule has 0 fully saturated rings. The molecule has 0 radical (unpaired) electrons. The van der Waals surface area contributed by atoms with E-state index in [1.54, 1.807) is 6.92 Å². The predicted molar refractivity (Wildman–Crippen MR) is 112 cm³/mol. The molecule has 0 aromatic heterocycles. The first-order valence-corrected chi connectivity index (χ1v) is 10.0. The van der Waals surface area contributed by atoms with Crippen LogP contribution in [0.5, 0.6) is 0 Å². The fourth-order valence-electron chi connectivity index (χ4n) is 2.33. The van der Waals surface area contributed by atoms with Crippen molar-refractivity contribution in [2.24, 2.45) is 23.1 Å². The fraction of sp³-hybridized carbons (Fsp3) is 0.647. The van der Waals surface area contributed by atoms with Crippen molar-refractivity contribution in [2.75, 3.05) is 5.75 Å². The molecule has 0 aliphatic rings. The second-order valence-electron chi connectivity index (χ2n) is 6.96. The molecular weight excluding hydrogens is 432 g/mol. The Labute approximate surface area is 184 Å². The maximum atomic E-state index is 12.6. The van der Waals surface area contributed by atoms with E-state index in [0.717, 1.165) is 0 Å². The lowest BCUT2D eigenvalue weighted by Gasteiger charge is -2.25. The number of thiol groups is 1. The highest BCUT2D eigenvalue weighted by molar-refractivity contribution is 7.80. The molecule has 5 unspecified atom stereocenters. The van der Waals surface area contributed by atoms with Crippen LogP contribution in [0.15, 0.2) is 0 Å². The average Bonchev–Trinajstić information content (AvgIpc) is 2.68. The third kappa shape index (κ3) is 10.1. The van der Waals surface area contributed by atoms with Gasteiger partial charge in [-0.3, -0.25) is 24.0 Å². The van der Waals surface area contributed by atoms with Crippen molar-refractivity contribution in [3.63, 3.8) is 0 Å². The summed E-state index contributed by atoms with van der Waals surface area (Å²) in [7, 11) is 0. The Kier molecular flexibility index (Phi) is 12.2. The maximum Gasteiger partial charge on any atom is 0.326 e. The van der Waals surface area contributed by atoms with Crippen molar-refractivity contribution in [1.29, 1.82) is 0 Å². The van der Waals surface area contributed by atoms with E-state index in [9.17, 15) is 28.8 Å². The number of hydrogen-bond donors (Lipinski definition) is 8. The van der Waals surface area contributed by atoms with Crippen molar-refractivity contribution in [2.45, 2.75) is 57.3 Å². The molecular formula is C17H30N6O7S. The largest absolute Gasteiger partial charge is 0.480 e. The van der Waals surface area contributed by atoms with Crippen LogP contribution in [0.1, 0.15) is 33.1 Å². The minimum atomic E-state index is -1.61. The smallest absolute Gasteiger partial charge is 0.326 e. The Hall–Kier alpha value is -2.87. The first-order chi connectivity index (χ1) is 14.3. The van der Waals surface area contributed by atoms with Gasteiger partial charge in [0, 0.05) is 5.75 Å². The van der Waals surface area contributed by atoms with Gasteiger partial charge in [0.25, 0.3) is 0 Å². The lowest BCUT2D eigenvalue weighted by atomic mass is 9.99. The van der Waals surface area contributed by atoms with E-state index in [0.29, 0.717) is 6.42 Å². The number of nitrogens with one attached hydrogen (secondary N) is 3. The highest BCUT2D eigenvalue weighted by atomic mass is 32.1. The summed E-state index contributed by atoms with van der Waals surface area (Å²) in [6.07, 6.45) is -0.632. The zero-order valence-corrected chi connectivity index (χ0v) is 18.2. The van der Waals surface area contributed by atoms with E-state index in [-0.39, 0.29) is 11.7 Å². The molecule has 0 spiro atoms. The summed E-state index contributed by atoms with van der Waals surface area (Å²) in [6.45, 7) is 3.56. The van der Waals surface area contributed by atoms with Gasteiger partial charge in [0.05, 0.1) is 18.9 Å². The predicted octanol–water partition coefficient (Wildman–Crippen LogP) is -3.42. The number of carboxylic acid groups (broad SMARTS) is 1. The number of carbonyl (C=O) groups is 6. The van der Waals surface area contributed by atoms with E-state index in [1.807, 2.05) is 6.92 Å². The quantitative estimate of drug-likeness (QED) is 0.121. The second kappa shape index (κ2) is 13.4. The molecule has 5 amide bonds. The maximum absolute atomic E-state index is 12.6. The van der Waals surface area contributed by atoms with Crippen molar-refractivity contribution < 1.29 is 33.9 Å². The minimum Gasteiger partial charge on any atom is -0.480 e. The monoisotopic (exact) mass is 462 g/mol. The lowest BCUT2D eigenvalue weighted by molar-refractivity contribution is -0.143. The van der Waals surface area contributed by atoms with E-state index in [4.69, 9.17) is 22.3 Å². The summed E-state index contributed by atoms with van der Waals surface area (Å²) in [5.74, 6) is -6.39. The standard InChI is InChI=1S/C17H30N6O7S/c1-3-7(2)13(20)16(28)21-8(4-11(18)24)14(26)23-10(6-31)15(27)22-9(17(29)30)5-12(19)25/h7-10,13,31H,3-6,20H2,1-2H3,(H2,18,24)(H2,19,25)(H,21,28)(H,22,27)(H,23,26)(H,29,30). The Balaban J connectivity index is 5.32. The van der Waals surface area contributed by atoms with Crippen LogP contribution in [0.25, 0.3) is 0 Å². The summed E-state index contributed by atoms with van der Waals surface area (Å²) < 4.78 is 0. The van der Waals surface area contributed by atoms with Crippen molar-refractivity contribution in [3.05, 3.63) is 0 Å². The summed E-state index contributed by atoms with van der Waals surface area (Å²) >= 11 is 3.94. The van der Waals surface area contributed by atoms with Gasteiger partial charge in [0.1, 0.15) is 18.1 Å². The Bertz CT molecular complexity index is 704. The van der Waals surface area contributed by atoms with Gasteiger partial charge >= 0.3 is 5.97 Å². The zero-order chi connectivity index (χ0) is 24.3. The summed E-state index contributed by atoms with van der Waals surface area (Å²) in [5.41, 5.74) is 15.9. The molecule has 176 valence electrons. The van der Waals surface area contributed by atoms with Gasteiger partial charge in [0.2, 0.25) is 29.5 Å². The molecule has 0 saturated carbocycles. The van der Waals surface area contributed by atoms with Crippen LogP contribution in [-0.2, 0) is 28.8 Å². The van der Waals surface area contributed by atoms with Crippen LogP contribution in [0.2, 0.25) is 0 Å². The van der Waals surface area contributed by atoms with Crippen LogP contribution in [-0.4, -0.2) is 70.5 Å². The molecule has 0 aliphatic heterocycles.